The number of hydrogen-bond donors (Lipinski definition) is 3. The number of halogens is 1. The Bertz CT molecular complexity index is 617. The highest BCUT2D eigenvalue weighted by Gasteiger charge is 2.53. The summed E-state index contributed by atoms with van der Waals surface area (Å²) >= 11 is 0. The molecule has 146 valence electrons. The average Bonchev–Trinajstić information content (AvgIpc) is 2.65. The van der Waals surface area contributed by atoms with Crippen LogP contribution in [0.15, 0.2) is 23.2 Å². The maximum Gasteiger partial charge on any atom is 0.191 e. The molecule has 6 heteroatoms. The Morgan fingerprint density at radius 1 is 1.35 bits per heavy atom. The van der Waals surface area contributed by atoms with Crippen molar-refractivity contribution in [3.63, 3.8) is 0 Å². The molecule has 0 heterocycles. The van der Waals surface area contributed by atoms with E-state index in [0.717, 1.165) is 37.4 Å². The molecule has 0 saturated heterocycles. The van der Waals surface area contributed by atoms with Crippen molar-refractivity contribution < 1.29 is 14.2 Å². The molecule has 2 atom stereocenters. The van der Waals surface area contributed by atoms with Crippen molar-refractivity contribution in [1.82, 2.24) is 10.6 Å². The Hall–Kier alpha value is -1.66. The molecule has 1 aromatic rings. The van der Waals surface area contributed by atoms with E-state index < -0.39 is 0 Å². The minimum absolute atomic E-state index is 0.133. The monoisotopic (exact) mass is 365 g/mol. The van der Waals surface area contributed by atoms with E-state index in [2.05, 4.69) is 29.5 Å². The summed E-state index contributed by atoms with van der Waals surface area (Å²) < 4.78 is 19.4. The molecular weight excluding hydrogens is 333 g/mol. The van der Waals surface area contributed by atoms with Crippen LogP contribution in [-0.4, -0.2) is 36.9 Å². The highest BCUT2D eigenvalue weighted by atomic mass is 19.1. The van der Waals surface area contributed by atoms with Crippen molar-refractivity contribution in [2.24, 2.45) is 10.4 Å². The van der Waals surface area contributed by atoms with Crippen LogP contribution in [0.1, 0.15) is 51.2 Å². The predicted octanol–water partition coefficient (Wildman–Crippen LogP) is 2.97. The minimum atomic E-state index is -0.383. The molecule has 0 aromatic heterocycles. The number of nitrogens with zero attached hydrogens (tertiary/aromatic N) is 1. The number of nitrogens with one attached hydrogen (secondary N) is 2. The first-order chi connectivity index (χ1) is 12.5. The van der Waals surface area contributed by atoms with Crippen LogP contribution in [0.3, 0.4) is 0 Å². The molecule has 2 unspecified atom stereocenters. The van der Waals surface area contributed by atoms with Gasteiger partial charge in [-0.25, -0.2) is 4.39 Å². The van der Waals surface area contributed by atoms with Gasteiger partial charge in [0.15, 0.2) is 5.96 Å². The lowest BCUT2D eigenvalue weighted by Gasteiger charge is -2.55. The zero-order valence-corrected chi connectivity index (χ0v) is 16.3. The number of hydrogen-bond acceptors (Lipinski definition) is 3. The van der Waals surface area contributed by atoms with Crippen molar-refractivity contribution >= 4 is 5.96 Å². The molecule has 1 aromatic carbocycles. The summed E-state index contributed by atoms with van der Waals surface area (Å²) in [7, 11) is 1.75. The summed E-state index contributed by atoms with van der Waals surface area (Å²) in [5, 5.41) is 16.0. The van der Waals surface area contributed by atoms with Gasteiger partial charge in [0.25, 0.3) is 0 Å². The number of rotatable bonds is 8. The van der Waals surface area contributed by atoms with Crippen molar-refractivity contribution in [3.8, 4) is 0 Å². The number of benzene rings is 1. The van der Waals surface area contributed by atoms with E-state index in [0.29, 0.717) is 24.3 Å². The minimum Gasteiger partial charge on any atom is -0.392 e. The summed E-state index contributed by atoms with van der Waals surface area (Å²) in [6.07, 6.45) is 3.38. The van der Waals surface area contributed by atoms with E-state index >= 15 is 0 Å². The van der Waals surface area contributed by atoms with Crippen LogP contribution in [0.4, 0.5) is 4.39 Å². The second-order valence-electron chi connectivity index (χ2n) is 6.83. The molecule has 1 aliphatic carbocycles. The van der Waals surface area contributed by atoms with Crippen LogP contribution < -0.4 is 10.6 Å². The molecule has 0 amide bonds. The van der Waals surface area contributed by atoms with Crippen molar-refractivity contribution in [2.45, 2.75) is 65.3 Å². The third-order valence-corrected chi connectivity index (χ3v) is 5.74. The molecular formula is C20H32FN3O2. The molecule has 0 bridgehead atoms. The van der Waals surface area contributed by atoms with E-state index in [-0.39, 0.29) is 17.8 Å². The van der Waals surface area contributed by atoms with Crippen molar-refractivity contribution in [2.75, 3.05) is 13.7 Å². The maximum atomic E-state index is 13.5. The van der Waals surface area contributed by atoms with Crippen LogP contribution in [-0.2, 0) is 17.9 Å². The van der Waals surface area contributed by atoms with E-state index in [9.17, 15) is 9.50 Å². The molecule has 0 spiro atoms. The van der Waals surface area contributed by atoms with Gasteiger partial charge in [-0.15, -0.1) is 0 Å². The lowest BCUT2D eigenvalue weighted by molar-refractivity contribution is -0.133. The van der Waals surface area contributed by atoms with Crippen molar-refractivity contribution in [3.05, 3.63) is 35.1 Å². The fourth-order valence-electron chi connectivity index (χ4n) is 3.99. The second kappa shape index (κ2) is 9.33. The van der Waals surface area contributed by atoms with Crippen LogP contribution in [0.2, 0.25) is 0 Å². The van der Waals surface area contributed by atoms with Gasteiger partial charge in [-0.05, 0) is 43.9 Å². The van der Waals surface area contributed by atoms with E-state index in [1.807, 2.05) is 6.92 Å². The van der Waals surface area contributed by atoms with E-state index in [1.165, 1.54) is 6.07 Å². The predicted molar refractivity (Wildman–Crippen MR) is 102 cm³/mol. The summed E-state index contributed by atoms with van der Waals surface area (Å²) in [4.78, 5) is 4.32. The number of aliphatic hydroxyl groups is 1. The number of ether oxygens (including phenoxy) is 1. The Morgan fingerprint density at radius 2 is 2.08 bits per heavy atom. The van der Waals surface area contributed by atoms with Crippen LogP contribution in [0, 0.1) is 11.2 Å². The average molecular weight is 365 g/mol. The zero-order valence-electron chi connectivity index (χ0n) is 16.3. The van der Waals surface area contributed by atoms with Crippen LogP contribution in [0.5, 0.6) is 0 Å². The molecule has 1 fully saturated rings. The molecule has 3 N–H and O–H groups in total. The standard InChI is InChI=1S/C20H32FN3O2/c1-5-20(6-2)17(11-18(20)26-7-3)24-19(22-4)23-12-14-8-9-16(21)15(10-14)13-25/h8-10,17-18,25H,5-7,11-13H2,1-4H3,(H2,22,23,24). The van der Waals surface area contributed by atoms with E-state index in [4.69, 9.17) is 4.74 Å². The first-order valence-electron chi connectivity index (χ1n) is 9.51. The van der Waals surface area contributed by atoms with Gasteiger partial charge in [0.1, 0.15) is 5.82 Å². The largest absolute Gasteiger partial charge is 0.392 e. The van der Waals surface area contributed by atoms with Gasteiger partial charge in [-0.1, -0.05) is 19.9 Å². The smallest absolute Gasteiger partial charge is 0.191 e. The first kappa shape index (κ1) is 20.6. The molecule has 5 nitrogen and oxygen atoms in total. The zero-order chi connectivity index (χ0) is 19.2. The van der Waals surface area contributed by atoms with Gasteiger partial charge in [0.2, 0.25) is 0 Å². The Morgan fingerprint density at radius 3 is 2.65 bits per heavy atom. The third kappa shape index (κ3) is 4.18. The second-order valence-corrected chi connectivity index (χ2v) is 6.83. The van der Waals surface area contributed by atoms with Crippen molar-refractivity contribution in [1.29, 1.82) is 0 Å². The normalized spacial score (nSPS) is 22.0. The molecule has 2 rings (SSSR count). The number of guanidine groups is 1. The molecule has 0 aliphatic heterocycles. The lowest BCUT2D eigenvalue weighted by atomic mass is 9.58. The van der Waals surface area contributed by atoms with Gasteiger partial charge in [-0.3, -0.25) is 4.99 Å². The third-order valence-electron chi connectivity index (χ3n) is 5.74. The summed E-state index contributed by atoms with van der Waals surface area (Å²) in [6.45, 7) is 7.43. The summed E-state index contributed by atoms with van der Waals surface area (Å²) in [5.74, 6) is 0.344. The van der Waals surface area contributed by atoms with Gasteiger partial charge >= 0.3 is 0 Å². The molecule has 26 heavy (non-hydrogen) atoms. The van der Waals surface area contributed by atoms with Crippen LogP contribution in [0.25, 0.3) is 0 Å². The summed E-state index contributed by atoms with van der Waals surface area (Å²) in [6, 6.07) is 5.09. The SMILES string of the molecule is CCOC1CC(NC(=NC)NCc2ccc(F)c(CO)c2)C1(CC)CC. The molecule has 1 aliphatic rings. The van der Waals surface area contributed by atoms with Crippen LogP contribution >= 0.6 is 0 Å². The van der Waals surface area contributed by atoms with E-state index in [1.54, 1.807) is 19.2 Å². The summed E-state index contributed by atoms with van der Waals surface area (Å²) in [5.41, 5.74) is 1.34. The molecule has 0 radical (unpaired) electrons. The lowest BCUT2D eigenvalue weighted by Crippen LogP contribution is -2.65. The Kier molecular flexibility index (Phi) is 7.41. The maximum absolute atomic E-state index is 13.5. The highest BCUT2D eigenvalue weighted by Crippen LogP contribution is 2.48. The Labute approximate surface area is 156 Å². The highest BCUT2D eigenvalue weighted by molar-refractivity contribution is 5.80. The fourth-order valence-corrected chi connectivity index (χ4v) is 3.99. The van der Waals surface area contributed by atoms with Gasteiger partial charge in [-0.2, -0.15) is 0 Å². The number of aliphatic imine (C=N–C) groups is 1. The number of aliphatic hydroxyl groups excluding tert-OH is 1. The molecule has 1 saturated carbocycles. The van der Waals surface area contributed by atoms with Gasteiger partial charge in [0, 0.05) is 37.2 Å². The fraction of sp³-hybridized carbons (Fsp3) is 0.650. The first-order valence-corrected chi connectivity index (χ1v) is 9.51. The van der Waals surface area contributed by atoms with Gasteiger partial charge < -0.3 is 20.5 Å². The Balaban J connectivity index is 1.97. The quantitative estimate of drug-likeness (QED) is 0.489. The topological polar surface area (TPSA) is 65.9 Å². The van der Waals surface area contributed by atoms with Gasteiger partial charge in [0.05, 0.1) is 12.7 Å².